The highest BCUT2D eigenvalue weighted by atomic mass is 19.1. The third-order valence-electron chi connectivity index (χ3n) is 4.53. The van der Waals surface area contributed by atoms with Crippen molar-refractivity contribution in [3.8, 4) is 0 Å². The minimum Gasteiger partial charge on any atom is -0.481 e. The summed E-state index contributed by atoms with van der Waals surface area (Å²) >= 11 is 0. The van der Waals surface area contributed by atoms with Gasteiger partial charge >= 0.3 is 5.97 Å². The number of carboxylic acid groups (broad SMARTS) is 1. The zero-order chi connectivity index (χ0) is 18.0. The molecule has 0 aliphatic heterocycles. The van der Waals surface area contributed by atoms with Crippen LogP contribution in [-0.4, -0.2) is 22.9 Å². The number of carboxylic acids is 1. The van der Waals surface area contributed by atoms with Gasteiger partial charge in [-0.15, -0.1) is 0 Å². The molecule has 2 amide bonds. The predicted molar refractivity (Wildman–Crippen MR) is 89.4 cm³/mol. The normalized spacial score (nSPS) is 22.3. The third-order valence-corrected chi connectivity index (χ3v) is 4.53. The summed E-state index contributed by atoms with van der Waals surface area (Å²) in [4.78, 5) is 35.5. The van der Waals surface area contributed by atoms with Gasteiger partial charge in [0, 0.05) is 11.6 Å². The molecule has 0 radical (unpaired) electrons. The van der Waals surface area contributed by atoms with Gasteiger partial charge < -0.3 is 15.7 Å². The van der Waals surface area contributed by atoms with Crippen LogP contribution in [0.3, 0.4) is 0 Å². The molecule has 2 atom stereocenters. The number of carbonyl (C=O) groups excluding carboxylic acids is 2. The van der Waals surface area contributed by atoms with Gasteiger partial charge in [0.05, 0.1) is 17.5 Å². The van der Waals surface area contributed by atoms with E-state index in [1.54, 1.807) is 12.2 Å². The number of hydrogen-bond acceptors (Lipinski definition) is 3. The minimum atomic E-state index is -1.01. The zero-order valence-electron chi connectivity index (χ0n) is 13.5. The number of halogens is 1. The molecule has 0 bridgehead atoms. The first-order chi connectivity index (χ1) is 12.0. The average molecular weight is 346 g/mol. The Morgan fingerprint density at radius 3 is 2.32 bits per heavy atom. The highest BCUT2D eigenvalue weighted by molar-refractivity contribution is 5.97. The number of aliphatic carboxylic acids is 1. The highest BCUT2D eigenvalue weighted by Crippen LogP contribution is 2.31. The van der Waals surface area contributed by atoms with Crippen LogP contribution in [0.15, 0.2) is 30.4 Å². The second kappa shape index (κ2) is 7.04. The van der Waals surface area contributed by atoms with Gasteiger partial charge in [0.25, 0.3) is 0 Å². The van der Waals surface area contributed by atoms with Crippen LogP contribution < -0.4 is 10.6 Å². The quantitative estimate of drug-likeness (QED) is 0.715. The zero-order valence-corrected chi connectivity index (χ0v) is 13.5. The summed E-state index contributed by atoms with van der Waals surface area (Å²) in [6.45, 7) is 0. The summed E-state index contributed by atoms with van der Waals surface area (Å²) < 4.78 is 13.9. The molecule has 2 aliphatic carbocycles. The second-order valence-electron chi connectivity index (χ2n) is 6.44. The van der Waals surface area contributed by atoms with Crippen LogP contribution in [0.2, 0.25) is 0 Å². The van der Waals surface area contributed by atoms with Crippen molar-refractivity contribution in [2.24, 2.45) is 17.8 Å². The van der Waals surface area contributed by atoms with Gasteiger partial charge in [-0.25, -0.2) is 4.39 Å². The molecule has 3 N–H and O–H groups in total. The molecule has 132 valence electrons. The van der Waals surface area contributed by atoms with Gasteiger partial charge in [-0.3, -0.25) is 14.4 Å². The molecule has 0 unspecified atom stereocenters. The maximum absolute atomic E-state index is 13.9. The van der Waals surface area contributed by atoms with E-state index in [-0.39, 0.29) is 17.5 Å². The van der Waals surface area contributed by atoms with E-state index in [2.05, 4.69) is 10.6 Å². The largest absolute Gasteiger partial charge is 0.481 e. The molecule has 1 saturated carbocycles. The van der Waals surface area contributed by atoms with Gasteiger partial charge in [-0.05, 0) is 43.9 Å². The van der Waals surface area contributed by atoms with Crippen LogP contribution in [0, 0.1) is 23.6 Å². The molecule has 1 fully saturated rings. The first-order valence-corrected chi connectivity index (χ1v) is 8.25. The third kappa shape index (κ3) is 4.04. The standard InChI is InChI=1S/C18H19FN2O4/c19-14-8-7-11(9-15(14)21-16(22)10-5-6-10)20-17(23)12-3-1-2-4-13(12)18(24)25/h1-2,7-10,12-13H,3-6H2,(H,20,23)(H,21,22)(H,24,25)/t12-,13+/m0/s1. The van der Waals surface area contributed by atoms with E-state index in [0.717, 1.165) is 18.9 Å². The summed E-state index contributed by atoms with van der Waals surface area (Å²) in [6, 6.07) is 3.89. The van der Waals surface area contributed by atoms with E-state index in [9.17, 15) is 23.9 Å². The van der Waals surface area contributed by atoms with E-state index in [4.69, 9.17) is 0 Å². The van der Waals surface area contributed by atoms with Crippen molar-refractivity contribution in [2.75, 3.05) is 10.6 Å². The molecule has 3 rings (SSSR count). The van der Waals surface area contributed by atoms with Crippen molar-refractivity contribution in [1.29, 1.82) is 0 Å². The Morgan fingerprint density at radius 1 is 1.00 bits per heavy atom. The molecule has 7 heteroatoms. The molecule has 1 aromatic carbocycles. The number of benzene rings is 1. The van der Waals surface area contributed by atoms with E-state index in [1.165, 1.54) is 12.1 Å². The molecule has 2 aliphatic rings. The van der Waals surface area contributed by atoms with Crippen molar-refractivity contribution in [2.45, 2.75) is 25.7 Å². The first-order valence-electron chi connectivity index (χ1n) is 8.25. The lowest BCUT2D eigenvalue weighted by Crippen LogP contribution is -2.34. The van der Waals surface area contributed by atoms with E-state index >= 15 is 0 Å². The Kier molecular flexibility index (Phi) is 4.83. The van der Waals surface area contributed by atoms with E-state index < -0.39 is 29.5 Å². The molecule has 0 spiro atoms. The van der Waals surface area contributed by atoms with E-state index in [0.29, 0.717) is 18.5 Å². The summed E-state index contributed by atoms with van der Waals surface area (Å²) in [7, 11) is 0. The molecular weight excluding hydrogens is 327 g/mol. The summed E-state index contributed by atoms with van der Waals surface area (Å²) in [5.74, 6) is -3.79. The number of hydrogen-bond donors (Lipinski definition) is 3. The smallest absolute Gasteiger partial charge is 0.307 e. The van der Waals surface area contributed by atoms with Crippen molar-refractivity contribution in [3.05, 3.63) is 36.2 Å². The van der Waals surface area contributed by atoms with Crippen LogP contribution in [0.25, 0.3) is 0 Å². The fraction of sp³-hybridized carbons (Fsp3) is 0.389. The number of allylic oxidation sites excluding steroid dienone is 2. The number of carbonyl (C=O) groups is 3. The Labute approximate surface area is 144 Å². The molecule has 0 heterocycles. The number of nitrogens with one attached hydrogen (secondary N) is 2. The van der Waals surface area contributed by atoms with Crippen LogP contribution in [0.4, 0.5) is 15.8 Å². The van der Waals surface area contributed by atoms with E-state index in [1.807, 2.05) is 0 Å². The fourth-order valence-corrected chi connectivity index (χ4v) is 2.89. The molecular formula is C18H19FN2O4. The summed E-state index contributed by atoms with van der Waals surface area (Å²) in [6.07, 6.45) is 5.79. The monoisotopic (exact) mass is 346 g/mol. The predicted octanol–water partition coefficient (Wildman–Crippen LogP) is 2.78. The maximum Gasteiger partial charge on any atom is 0.307 e. The maximum atomic E-state index is 13.9. The first kappa shape index (κ1) is 17.1. The van der Waals surface area contributed by atoms with Gasteiger partial charge in [0.1, 0.15) is 5.82 Å². The molecule has 6 nitrogen and oxygen atoms in total. The molecule has 0 aromatic heterocycles. The minimum absolute atomic E-state index is 0.00743. The number of amides is 2. The van der Waals surface area contributed by atoms with Crippen LogP contribution in [0.1, 0.15) is 25.7 Å². The Hall–Kier alpha value is -2.70. The van der Waals surface area contributed by atoms with Crippen molar-refractivity contribution in [3.63, 3.8) is 0 Å². The average Bonchev–Trinajstić information content (AvgIpc) is 3.43. The van der Waals surface area contributed by atoms with Gasteiger partial charge in [-0.1, -0.05) is 12.2 Å². The van der Waals surface area contributed by atoms with Gasteiger partial charge in [-0.2, -0.15) is 0 Å². The van der Waals surface area contributed by atoms with Gasteiger partial charge in [0.15, 0.2) is 0 Å². The molecule has 0 saturated heterocycles. The summed E-state index contributed by atoms with van der Waals surface area (Å²) in [5, 5.41) is 14.4. The lowest BCUT2D eigenvalue weighted by atomic mass is 9.82. The number of anilines is 2. The SMILES string of the molecule is O=C(Nc1cc(NC(=O)[C@H]2CC=CC[C@H]2C(=O)O)ccc1F)C1CC1. The van der Waals surface area contributed by atoms with Gasteiger partial charge in [0.2, 0.25) is 11.8 Å². The van der Waals surface area contributed by atoms with Crippen LogP contribution >= 0.6 is 0 Å². The lowest BCUT2D eigenvalue weighted by molar-refractivity contribution is -0.146. The molecule has 1 aromatic rings. The van der Waals surface area contributed by atoms with Crippen LogP contribution in [0.5, 0.6) is 0 Å². The number of rotatable bonds is 5. The molecule has 25 heavy (non-hydrogen) atoms. The Balaban J connectivity index is 1.71. The van der Waals surface area contributed by atoms with Crippen LogP contribution in [-0.2, 0) is 14.4 Å². The lowest BCUT2D eigenvalue weighted by Gasteiger charge is -2.24. The fourth-order valence-electron chi connectivity index (χ4n) is 2.89. The van der Waals surface area contributed by atoms with Crippen molar-refractivity contribution in [1.82, 2.24) is 0 Å². The summed E-state index contributed by atoms with van der Waals surface area (Å²) in [5.41, 5.74) is 0.323. The van der Waals surface area contributed by atoms with Crippen molar-refractivity contribution >= 4 is 29.2 Å². The second-order valence-corrected chi connectivity index (χ2v) is 6.44. The Morgan fingerprint density at radius 2 is 1.68 bits per heavy atom. The topological polar surface area (TPSA) is 95.5 Å². The Bertz CT molecular complexity index is 743. The highest BCUT2D eigenvalue weighted by Gasteiger charge is 2.34. The van der Waals surface area contributed by atoms with Crippen molar-refractivity contribution < 1.29 is 23.9 Å².